The predicted octanol–water partition coefficient (Wildman–Crippen LogP) is -0.905. The molecule has 0 aromatic rings. The summed E-state index contributed by atoms with van der Waals surface area (Å²) in [6.07, 6.45) is 2.10. The normalized spacial score (nSPS) is 16.1. The number of carbonyl (C=O) groups excluding carboxylic acids is 1. The number of aliphatic hydroxyl groups excluding tert-OH is 1. The van der Waals surface area contributed by atoms with Gasteiger partial charge in [-0.25, -0.2) is 0 Å². The molecule has 0 unspecified atom stereocenters. The van der Waals surface area contributed by atoms with E-state index in [0.717, 1.165) is 19.4 Å². The lowest BCUT2D eigenvalue weighted by molar-refractivity contribution is -0.122. The summed E-state index contributed by atoms with van der Waals surface area (Å²) in [4.78, 5) is 11.0. The molecule has 0 atom stereocenters. The zero-order chi connectivity index (χ0) is 8.81. The highest BCUT2D eigenvalue weighted by Crippen LogP contribution is 2.28. The van der Waals surface area contributed by atoms with Gasteiger partial charge < -0.3 is 15.7 Å². The Balaban J connectivity index is 1.84. The van der Waals surface area contributed by atoms with Crippen LogP contribution in [0.15, 0.2) is 0 Å². The van der Waals surface area contributed by atoms with Crippen LogP contribution < -0.4 is 10.6 Å². The Morgan fingerprint density at radius 2 is 2.08 bits per heavy atom. The largest absolute Gasteiger partial charge is 0.395 e. The Kier molecular flexibility index (Phi) is 4.04. The summed E-state index contributed by atoms with van der Waals surface area (Å²) in [7, 11) is 0. The monoisotopic (exact) mass is 172 g/mol. The quantitative estimate of drug-likeness (QED) is 0.455. The third-order valence-electron chi connectivity index (χ3n) is 1.84. The van der Waals surface area contributed by atoms with E-state index in [-0.39, 0.29) is 12.5 Å². The molecule has 1 aliphatic rings. The van der Waals surface area contributed by atoms with E-state index in [4.69, 9.17) is 5.11 Å². The van der Waals surface area contributed by atoms with Crippen LogP contribution in [-0.2, 0) is 4.79 Å². The van der Waals surface area contributed by atoms with Gasteiger partial charge in [-0.3, -0.25) is 4.79 Å². The molecule has 0 aromatic heterocycles. The molecule has 12 heavy (non-hydrogen) atoms. The van der Waals surface area contributed by atoms with Gasteiger partial charge in [-0.15, -0.1) is 0 Å². The number of hydrogen-bond acceptors (Lipinski definition) is 3. The second kappa shape index (κ2) is 5.11. The molecule has 0 bridgehead atoms. The van der Waals surface area contributed by atoms with Gasteiger partial charge in [0.25, 0.3) is 0 Å². The molecule has 0 aliphatic heterocycles. The molecule has 70 valence electrons. The number of rotatable bonds is 6. The van der Waals surface area contributed by atoms with Gasteiger partial charge in [0.2, 0.25) is 5.91 Å². The number of hydrogen-bond donors (Lipinski definition) is 3. The first-order chi connectivity index (χ1) is 5.84. The lowest BCUT2D eigenvalue weighted by Crippen LogP contribution is -2.33. The van der Waals surface area contributed by atoms with Crippen LogP contribution >= 0.6 is 0 Å². The maximum atomic E-state index is 11.0. The van der Waals surface area contributed by atoms with Crippen molar-refractivity contribution in [2.24, 2.45) is 5.92 Å². The number of carbonyl (C=O) groups is 1. The molecule has 0 spiro atoms. The van der Waals surface area contributed by atoms with E-state index < -0.39 is 0 Å². The average molecular weight is 172 g/mol. The fraction of sp³-hybridized carbons (Fsp3) is 0.875. The Hall–Kier alpha value is -0.610. The maximum absolute atomic E-state index is 11.0. The SMILES string of the molecule is O=C(NCCNCCO)C1CC1. The minimum absolute atomic E-state index is 0.149. The Morgan fingerprint density at radius 3 is 2.67 bits per heavy atom. The molecule has 3 N–H and O–H groups in total. The van der Waals surface area contributed by atoms with E-state index in [1.165, 1.54) is 0 Å². The van der Waals surface area contributed by atoms with Crippen LogP contribution in [0.25, 0.3) is 0 Å². The van der Waals surface area contributed by atoms with Crippen molar-refractivity contribution >= 4 is 5.91 Å². The fourth-order valence-electron chi connectivity index (χ4n) is 0.968. The van der Waals surface area contributed by atoms with Crippen molar-refractivity contribution in [3.05, 3.63) is 0 Å². The summed E-state index contributed by atoms with van der Waals surface area (Å²) in [5.74, 6) is 0.476. The van der Waals surface area contributed by atoms with E-state index in [1.807, 2.05) is 0 Å². The van der Waals surface area contributed by atoms with Gasteiger partial charge in [0, 0.05) is 25.6 Å². The summed E-state index contributed by atoms with van der Waals surface area (Å²) in [5, 5.41) is 14.2. The van der Waals surface area contributed by atoms with Crippen LogP contribution in [-0.4, -0.2) is 37.3 Å². The first-order valence-electron chi connectivity index (χ1n) is 4.44. The van der Waals surface area contributed by atoms with Gasteiger partial charge in [-0.05, 0) is 12.8 Å². The Labute approximate surface area is 72.3 Å². The third kappa shape index (κ3) is 3.69. The van der Waals surface area contributed by atoms with Crippen molar-refractivity contribution in [3.8, 4) is 0 Å². The van der Waals surface area contributed by atoms with Crippen LogP contribution in [0.3, 0.4) is 0 Å². The van der Waals surface area contributed by atoms with Gasteiger partial charge in [0.15, 0.2) is 0 Å². The minimum atomic E-state index is 0.149. The van der Waals surface area contributed by atoms with Crippen LogP contribution in [0, 0.1) is 5.92 Å². The average Bonchev–Trinajstić information content (AvgIpc) is 2.86. The molecule has 1 amide bonds. The highest BCUT2D eigenvalue weighted by atomic mass is 16.3. The molecule has 4 heteroatoms. The lowest BCUT2D eigenvalue weighted by atomic mass is 10.4. The minimum Gasteiger partial charge on any atom is -0.395 e. The predicted molar refractivity (Wildman–Crippen MR) is 45.7 cm³/mol. The van der Waals surface area contributed by atoms with Crippen molar-refractivity contribution in [1.82, 2.24) is 10.6 Å². The van der Waals surface area contributed by atoms with Crippen LogP contribution in [0.5, 0.6) is 0 Å². The molecule has 1 aliphatic carbocycles. The molecule has 0 heterocycles. The molecule has 1 fully saturated rings. The first kappa shape index (κ1) is 9.48. The van der Waals surface area contributed by atoms with Crippen molar-refractivity contribution in [2.75, 3.05) is 26.2 Å². The van der Waals surface area contributed by atoms with Gasteiger partial charge in [-0.2, -0.15) is 0 Å². The maximum Gasteiger partial charge on any atom is 0.223 e. The smallest absolute Gasteiger partial charge is 0.223 e. The molecule has 0 saturated heterocycles. The molecule has 1 rings (SSSR count). The van der Waals surface area contributed by atoms with Crippen molar-refractivity contribution < 1.29 is 9.90 Å². The molecule has 4 nitrogen and oxygen atoms in total. The van der Waals surface area contributed by atoms with E-state index in [0.29, 0.717) is 19.0 Å². The summed E-state index contributed by atoms with van der Waals surface area (Å²) < 4.78 is 0. The number of aliphatic hydroxyl groups is 1. The van der Waals surface area contributed by atoms with Gasteiger partial charge in [-0.1, -0.05) is 0 Å². The topological polar surface area (TPSA) is 61.4 Å². The third-order valence-corrected chi connectivity index (χ3v) is 1.84. The summed E-state index contributed by atoms with van der Waals surface area (Å²) in [6.45, 7) is 2.14. The molecule has 1 saturated carbocycles. The van der Waals surface area contributed by atoms with Crippen LogP contribution in [0.4, 0.5) is 0 Å². The highest BCUT2D eigenvalue weighted by molar-refractivity contribution is 5.80. The summed E-state index contributed by atoms with van der Waals surface area (Å²) in [5.41, 5.74) is 0. The van der Waals surface area contributed by atoms with E-state index in [2.05, 4.69) is 10.6 Å². The second-order valence-corrected chi connectivity index (χ2v) is 3.04. The number of amides is 1. The van der Waals surface area contributed by atoms with Crippen LogP contribution in [0.2, 0.25) is 0 Å². The summed E-state index contributed by atoms with van der Waals surface area (Å²) >= 11 is 0. The van der Waals surface area contributed by atoms with Gasteiger partial charge >= 0.3 is 0 Å². The first-order valence-corrected chi connectivity index (χ1v) is 4.44. The van der Waals surface area contributed by atoms with Gasteiger partial charge in [0.05, 0.1) is 6.61 Å². The van der Waals surface area contributed by atoms with Crippen LogP contribution in [0.1, 0.15) is 12.8 Å². The standard InChI is InChI=1S/C8H16N2O2/c11-6-5-9-3-4-10-8(12)7-1-2-7/h7,9,11H,1-6H2,(H,10,12). The van der Waals surface area contributed by atoms with E-state index in [1.54, 1.807) is 0 Å². The van der Waals surface area contributed by atoms with Crippen molar-refractivity contribution in [2.45, 2.75) is 12.8 Å². The zero-order valence-corrected chi connectivity index (χ0v) is 7.18. The number of nitrogens with one attached hydrogen (secondary N) is 2. The molecular weight excluding hydrogens is 156 g/mol. The van der Waals surface area contributed by atoms with Crippen molar-refractivity contribution in [1.29, 1.82) is 0 Å². The Morgan fingerprint density at radius 1 is 1.33 bits per heavy atom. The van der Waals surface area contributed by atoms with Gasteiger partial charge in [0.1, 0.15) is 0 Å². The Bertz CT molecular complexity index is 146. The molecular formula is C8H16N2O2. The lowest BCUT2D eigenvalue weighted by Gasteiger charge is -2.04. The second-order valence-electron chi connectivity index (χ2n) is 3.04. The highest BCUT2D eigenvalue weighted by Gasteiger charge is 2.28. The van der Waals surface area contributed by atoms with E-state index in [9.17, 15) is 4.79 Å². The van der Waals surface area contributed by atoms with Crippen molar-refractivity contribution in [3.63, 3.8) is 0 Å². The molecule has 0 aromatic carbocycles. The van der Waals surface area contributed by atoms with E-state index >= 15 is 0 Å². The zero-order valence-electron chi connectivity index (χ0n) is 7.18. The fourth-order valence-corrected chi connectivity index (χ4v) is 0.968. The summed E-state index contributed by atoms with van der Waals surface area (Å²) in [6, 6.07) is 0. The molecule has 0 radical (unpaired) electrons.